The average molecular weight is 407 g/mol. The Labute approximate surface area is 173 Å². The largest absolute Gasteiger partial charge is 0.497 e. The molecule has 3 N–H and O–H groups in total. The molecule has 0 unspecified atom stereocenters. The van der Waals surface area contributed by atoms with Gasteiger partial charge in [-0.05, 0) is 60.7 Å². The second kappa shape index (κ2) is 9.92. The Morgan fingerprint density at radius 3 is 2.17 bits per heavy atom. The molecule has 154 valence electrons. The number of amides is 3. The molecule has 1 aromatic heterocycles. The number of anilines is 2. The molecule has 0 spiro atoms. The van der Waals surface area contributed by atoms with Crippen LogP contribution in [-0.4, -0.2) is 31.4 Å². The van der Waals surface area contributed by atoms with Gasteiger partial charge in [-0.3, -0.25) is 14.4 Å². The highest BCUT2D eigenvalue weighted by atomic mass is 16.5. The summed E-state index contributed by atoms with van der Waals surface area (Å²) in [6.45, 7) is 0.174. The fourth-order valence-electron chi connectivity index (χ4n) is 2.59. The normalized spacial score (nSPS) is 10.2. The molecule has 3 rings (SSSR count). The summed E-state index contributed by atoms with van der Waals surface area (Å²) in [5.74, 6) is -0.00331. The van der Waals surface area contributed by atoms with E-state index in [-0.39, 0.29) is 36.4 Å². The Morgan fingerprint density at radius 1 is 0.867 bits per heavy atom. The Bertz CT molecular complexity index is 996. The minimum atomic E-state index is -0.375. The maximum absolute atomic E-state index is 12.3. The standard InChI is InChI=1S/C22H21N3O5/c1-29-18-10-8-17(9-11-18)25-21(27)15-4-6-16(7-5-15)24-20(26)12-13-23-22(28)19-3-2-14-30-19/h2-11,14H,12-13H2,1H3,(H,23,28)(H,24,26)(H,25,27). The molecule has 30 heavy (non-hydrogen) atoms. The lowest BCUT2D eigenvalue weighted by Gasteiger charge is -2.08. The molecule has 0 aliphatic carbocycles. The van der Waals surface area contributed by atoms with Crippen LogP contribution in [0.3, 0.4) is 0 Å². The zero-order valence-corrected chi connectivity index (χ0v) is 16.3. The molecule has 1 heterocycles. The number of hydrogen-bond acceptors (Lipinski definition) is 5. The van der Waals surface area contributed by atoms with Crippen molar-refractivity contribution in [2.75, 3.05) is 24.3 Å². The van der Waals surface area contributed by atoms with E-state index in [9.17, 15) is 14.4 Å². The fraction of sp³-hybridized carbons (Fsp3) is 0.136. The maximum Gasteiger partial charge on any atom is 0.286 e. The minimum absolute atomic E-state index is 0.103. The highest BCUT2D eigenvalue weighted by Crippen LogP contribution is 2.17. The van der Waals surface area contributed by atoms with E-state index in [1.807, 2.05) is 0 Å². The van der Waals surface area contributed by atoms with Crippen molar-refractivity contribution in [3.05, 3.63) is 78.3 Å². The van der Waals surface area contributed by atoms with E-state index in [2.05, 4.69) is 16.0 Å². The molecular weight excluding hydrogens is 386 g/mol. The quantitative estimate of drug-likeness (QED) is 0.531. The molecule has 0 fully saturated rings. The first-order chi connectivity index (χ1) is 14.5. The van der Waals surface area contributed by atoms with Crippen LogP contribution in [0.5, 0.6) is 5.75 Å². The van der Waals surface area contributed by atoms with Crippen molar-refractivity contribution in [3.8, 4) is 5.75 Å². The van der Waals surface area contributed by atoms with Crippen LogP contribution in [0.4, 0.5) is 11.4 Å². The monoisotopic (exact) mass is 407 g/mol. The maximum atomic E-state index is 12.3. The molecule has 8 nitrogen and oxygen atoms in total. The van der Waals surface area contributed by atoms with Crippen molar-refractivity contribution in [2.24, 2.45) is 0 Å². The zero-order chi connectivity index (χ0) is 21.3. The van der Waals surface area contributed by atoms with E-state index in [0.717, 1.165) is 0 Å². The number of nitrogens with one attached hydrogen (secondary N) is 3. The molecule has 0 atom stereocenters. The molecule has 3 amide bonds. The number of ether oxygens (including phenoxy) is 1. The number of methoxy groups -OCH3 is 1. The number of hydrogen-bond donors (Lipinski definition) is 3. The zero-order valence-electron chi connectivity index (χ0n) is 16.3. The van der Waals surface area contributed by atoms with Crippen molar-refractivity contribution >= 4 is 29.1 Å². The van der Waals surface area contributed by atoms with E-state index in [4.69, 9.17) is 9.15 Å². The summed E-state index contributed by atoms with van der Waals surface area (Å²) in [6, 6.07) is 16.7. The van der Waals surface area contributed by atoms with Crippen molar-refractivity contribution in [1.82, 2.24) is 5.32 Å². The first-order valence-corrected chi connectivity index (χ1v) is 9.22. The van der Waals surface area contributed by atoms with Gasteiger partial charge in [0.05, 0.1) is 13.4 Å². The third kappa shape index (κ3) is 5.71. The fourth-order valence-corrected chi connectivity index (χ4v) is 2.59. The summed E-state index contributed by atoms with van der Waals surface area (Å²) in [5, 5.41) is 8.11. The molecule has 0 saturated carbocycles. The van der Waals surface area contributed by atoms with Crippen LogP contribution >= 0.6 is 0 Å². The van der Waals surface area contributed by atoms with Gasteiger partial charge in [0.25, 0.3) is 11.8 Å². The van der Waals surface area contributed by atoms with Gasteiger partial charge in [-0.25, -0.2) is 0 Å². The number of rotatable bonds is 8. The van der Waals surface area contributed by atoms with Crippen LogP contribution in [0.25, 0.3) is 0 Å². The van der Waals surface area contributed by atoms with Crippen LogP contribution in [0, 0.1) is 0 Å². The molecule has 8 heteroatoms. The number of carbonyl (C=O) groups excluding carboxylic acids is 3. The van der Waals surface area contributed by atoms with Gasteiger partial charge in [0, 0.05) is 29.9 Å². The predicted octanol–water partition coefficient (Wildman–Crippen LogP) is 3.30. The highest BCUT2D eigenvalue weighted by Gasteiger charge is 2.10. The lowest BCUT2D eigenvalue weighted by molar-refractivity contribution is -0.116. The van der Waals surface area contributed by atoms with Gasteiger partial charge in [0.15, 0.2) is 5.76 Å². The Morgan fingerprint density at radius 2 is 1.53 bits per heavy atom. The lowest BCUT2D eigenvalue weighted by atomic mass is 10.2. The van der Waals surface area contributed by atoms with Crippen LogP contribution < -0.4 is 20.7 Å². The van der Waals surface area contributed by atoms with Crippen LogP contribution in [0.1, 0.15) is 27.3 Å². The number of benzene rings is 2. The summed E-state index contributed by atoms with van der Waals surface area (Å²) >= 11 is 0. The van der Waals surface area contributed by atoms with Gasteiger partial charge in [-0.2, -0.15) is 0 Å². The van der Waals surface area contributed by atoms with Crippen molar-refractivity contribution in [2.45, 2.75) is 6.42 Å². The summed E-state index contributed by atoms with van der Waals surface area (Å²) in [5.41, 5.74) is 1.66. The molecule has 0 aliphatic heterocycles. The first-order valence-electron chi connectivity index (χ1n) is 9.22. The Hall–Kier alpha value is -4.07. The van der Waals surface area contributed by atoms with E-state index in [1.54, 1.807) is 67.8 Å². The molecule has 0 radical (unpaired) electrons. The topological polar surface area (TPSA) is 110 Å². The molecule has 0 aliphatic rings. The highest BCUT2D eigenvalue weighted by molar-refractivity contribution is 6.04. The van der Waals surface area contributed by atoms with Gasteiger partial charge in [0.1, 0.15) is 5.75 Å². The van der Waals surface area contributed by atoms with Gasteiger partial charge in [-0.1, -0.05) is 0 Å². The second-order valence-electron chi connectivity index (χ2n) is 6.29. The number of furan rings is 1. The molecule has 0 saturated heterocycles. The lowest BCUT2D eigenvalue weighted by Crippen LogP contribution is -2.27. The summed E-state index contributed by atoms with van der Waals surface area (Å²) < 4.78 is 10.1. The van der Waals surface area contributed by atoms with Crippen LogP contribution in [0.15, 0.2) is 71.3 Å². The van der Waals surface area contributed by atoms with E-state index < -0.39 is 0 Å². The Kier molecular flexibility index (Phi) is 6.83. The third-order valence-corrected chi connectivity index (χ3v) is 4.16. The smallest absolute Gasteiger partial charge is 0.286 e. The van der Waals surface area contributed by atoms with Crippen LogP contribution in [0.2, 0.25) is 0 Å². The predicted molar refractivity (Wildman–Crippen MR) is 112 cm³/mol. The van der Waals surface area contributed by atoms with Crippen LogP contribution in [-0.2, 0) is 4.79 Å². The molecule has 3 aromatic rings. The molecular formula is C22H21N3O5. The van der Waals surface area contributed by atoms with E-state index in [1.165, 1.54) is 6.26 Å². The van der Waals surface area contributed by atoms with Gasteiger partial charge >= 0.3 is 0 Å². The van der Waals surface area contributed by atoms with Gasteiger partial charge in [0.2, 0.25) is 5.91 Å². The second-order valence-corrected chi connectivity index (χ2v) is 6.29. The first kappa shape index (κ1) is 20.7. The van der Waals surface area contributed by atoms with Crippen molar-refractivity contribution in [3.63, 3.8) is 0 Å². The minimum Gasteiger partial charge on any atom is -0.497 e. The number of carbonyl (C=O) groups is 3. The summed E-state index contributed by atoms with van der Waals surface area (Å²) in [6.07, 6.45) is 1.51. The van der Waals surface area contributed by atoms with Gasteiger partial charge in [-0.15, -0.1) is 0 Å². The van der Waals surface area contributed by atoms with Gasteiger partial charge < -0.3 is 25.1 Å². The average Bonchev–Trinajstić information content (AvgIpc) is 3.30. The molecule has 0 bridgehead atoms. The Balaban J connectivity index is 1.45. The van der Waals surface area contributed by atoms with Crippen molar-refractivity contribution < 1.29 is 23.5 Å². The summed E-state index contributed by atoms with van der Waals surface area (Å²) in [4.78, 5) is 36.1. The third-order valence-electron chi connectivity index (χ3n) is 4.16. The van der Waals surface area contributed by atoms with Crippen molar-refractivity contribution in [1.29, 1.82) is 0 Å². The van der Waals surface area contributed by atoms with E-state index in [0.29, 0.717) is 22.7 Å². The van der Waals surface area contributed by atoms with E-state index >= 15 is 0 Å². The summed E-state index contributed by atoms with van der Waals surface area (Å²) in [7, 11) is 1.57. The molecule has 2 aromatic carbocycles. The SMILES string of the molecule is COc1ccc(NC(=O)c2ccc(NC(=O)CCNC(=O)c3ccco3)cc2)cc1.